The molecule has 1 fully saturated rings. The van der Waals surface area contributed by atoms with Crippen LogP contribution in [0.15, 0.2) is 0 Å². The standard InChI is InChI=1S/C8H14N2O5.C6H10O2/c1-4(7(12)13)15-8(14)5(9)2-3-6(10)11;7-6(8)5-3-1-2-4-5/h4-5H,2-3,9H2,1H3,(H2,10,11)(H,12,13);5H,1-4H2,(H,7,8)/t4?,5-;/m0./s1. The monoisotopic (exact) mass is 332 g/mol. The predicted octanol–water partition coefficient (Wildman–Crippen LogP) is -0.143. The molecule has 9 heteroatoms. The van der Waals surface area contributed by atoms with Gasteiger partial charge in [-0.1, -0.05) is 12.8 Å². The zero-order chi connectivity index (χ0) is 18.0. The molecule has 0 saturated heterocycles. The van der Waals surface area contributed by atoms with Crippen molar-refractivity contribution in [1.82, 2.24) is 0 Å². The molecule has 0 radical (unpaired) electrons. The van der Waals surface area contributed by atoms with E-state index in [-0.39, 0.29) is 18.8 Å². The molecule has 0 bridgehead atoms. The van der Waals surface area contributed by atoms with Crippen LogP contribution in [0.25, 0.3) is 0 Å². The van der Waals surface area contributed by atoms with Crippen LogP contribution in [0.1, 0.15) is 45.4 Å². The van der Waals surface area contributed by atoms with Crippen molar-refractivity contribution in [2.45, 2.75) is 57.6 Å². The van der Waals surface area contributed by atoms with Gasteiger partial charge in [0.2, 0.25) is 5.91 Å². The van der Waals surface area contributed by atoms with E-state index in [2.05, 4.69) is 4.74 Å². The SMILES string of the molecule is CC(OC(=O)[C@@H](N)CCC(N)=O)C(=O)O.O=C(O)C1CCCC1. The van der Waals surface area contributed by atoms with Crippen molar-refractivity contribution in [3.8, 4) is 0 Å². The number of amides is 1. The van der Waals surface area contributed by atoms with Crippen LogP contribution >= 0.6 is 0 Å². The van der Waals surface area contributed by atoms with Gasteiger partial charge in [0.25, 0.3) is 0 Å². The van der Waals surface area contributed by atoms with E-state index in [9.17, 15) is 19.2 Å². The van der Waals surface area contributed by atoms with Gasteiger partial charge in [0, 0.05) is 6.42 Å². The number of hydrogen-bond donors (Lipinski definition) is 4. The fraction of sp³-hybridized carbons (Fsp3) is 0.714. The van der Waals surface area contributed by atoms with Crippen molar-refractivity contribution in [1.29, 1.82) is 0 Å². The Morgan fingerprint density at radius 3 is 2.04 bits per heavy atom. The highest BCUT2D eigenvalue weighted by Gasteiger charge is 2.22. The van der Waals surface area contributed by atoms with E-state index in [0.717, 1.165) is 25.7 Å². The average molecular weight is 332 g/mol. The Morgan fingerprint density at radius 2 is 1.70 bits per heavy atom. The smallest absolute Gasteiger partial charge is 0.344 e. The van der Waals surface area contributed by atoms with Gasteiger partial charge in [0.15, 0.2) is 6.10 Å². The lowest BCUT2D eigenvalue weighted by atomic mass is 10.1. The number of carbonyl (C=O) groups excluding carboxylic acids is 2. The number of esters is 1. The largest absolute Gasteiger partial charge is 0.481 e. The van der Waals surface area contributed by atoms with E-state index in [1.54, 1.807) is 0 Å². The van der Waals surface area contributed by atoms with E-state index >= 15 is 0 Å². The summed E-state index contributed by atoms with van der Waals surface area (Å²) >= 11 is 0. The molecule has 1 rings (SSSR count). The second-order valence-corrected chi connectivity index (χ2v) is 5.35. The van der Waals surface area contributed by atoms with Gasteiger partial charge in [0.05, 0.1) is 5.92 Å². The summed E-state index contributed by atoms with van der Waals surface area (Å²) in [5, 5.41) is 16.9. The number of carboxylic acids is 2. The fourth-order valence-corrected chi connectivity index (χ4v) is 1.90. The molecular formula is C14H24N2O7. The lowest BCUT2D eigenvalue weighted by Gasteiger charge is -2.13. The van der Waals surface area contributed by atoms with Gasteiger partial charge >= 0.3 is 17.9 Å². The first-order chi connectivity index (χ1) is 10.6. The molecule has 132 valence electrons. The lowest BCUT2D eigenvalue weighted by Crippen LogP contribution is -2.37. The van der Waals surface area contributed by atoms with Gasteiger partial charge in [-0.25, -0.2) is 4.79 Å². The molecule has 1 aliphatic carbocycles. The molecule has 0 aromatic heterocycles. The van der Waals surface area contributed by atoms with Crippen molar-refractivity contribution in [2.75, 3.05) is 0 Å². The van der Waals surface area contributed by atoms with Gasteiger partial charge in [-0.3, -0.25) is 14.4 Å². The van der Waals surface area contributed by atoms with Crippen LogP contribution < -0.4 is 11.5 Å². The first-order valence-corrected chi connectivity index (χ1v) is 7.35. The summed E-state index contributed by atoms with van der Waals surface area (Å²) < 4.78 is 4.49. The van der Waals surface area contributed by atoms with Gasteiger partial charge in [-0.15, -0.1) is 0 Å². The Balaban J connectivity index is 0.000000502. The molecule has 1 unspecified atom stereocenters. The number of nitrogens with two attached hydrogens (primary N) is 2. The number of ether oxygens (including phenoxy) is 1. The maximum Gasteiger partial charge on any atom is 0.344 e. The van der Waals surface area contributed by atoms with Gasteiger partial charge < -0.3 is 26.4 Å². The molecule has 0 aromatic rings. The average Bonchev–Trinajstić information content (AvgIpc) is 2.99. The van der Waals surface area contributed by atoms with E-state index < -0.39 is 36.0 Å². The van der Waals surface area contributed by atoms with Crippen LogP contribution in [-0.4, -0.2) is 46.2 Å². The zero-order valence-corrected chi connectivity index (χ0v) is 13.1. The normalized spacial score (nSPS) is 16.6. The number of carboxylic acid groups (broad SMARTS) is 2. The molecule has 0 spiro atoms. The third kappa shape index (κ3) is 9.46. The van der Waals surface area contributed by atoms with Gasteiger partial charge in [-0.2, -0.15) is 0 Å². The highest BCUT2D eigenvalue weighted by Crippen LogP contribution is 2.24. The van der Waals surface area contributed by atoms with Gasteiger partial charge in [-0.05, 0) is 26.2 Å². The molecule has 1 amide bonds. The summed E-state index contributed by atoms with van der Waals surface area (Å²) in [4.78, 5) is 42.0. The maximum atomic E-state index is 11.1. The molecule has 0 heterocycles. The van der Waals surface area contributed by atoms with Crippen LogP contribution in [0.4, 0.5) is 0 Å². The van der Waals surface area contributed by atoms with Crippen molar-refractivity contribution in [2.24, 2.45) is 17.4 Å². The molecule has 6 N–H and O–H groups in total. The number of rotatable bonds is 7. The molecule has 1 aliphatic rings. The second kappa shape index (κ2) is 10.5. The number of carbonyl (C=O) groups is 4. The van der Waals surface area contributed by atoms with Crippen LogP contribution in [-0.2, 0) is 23.9 Å². The molecule has 0 aliphatic heterocycles. The zero-order valence-electron chi connectivity index (χ0n) is 13.1. The number of primary amides is 1. The minimum atomic E-state index is -1.26. The second-order valence-electron chi connectivity index (χ2n) is 5.35. The Hall–Kier alpha value is -2.16. The summed E-state index contributed by atoms with van der Waals surface area (Å²) in [5.74, 6) is -3.32. The summed E-state index contributed by atoms with van der Waals surface area (Å²) in [6, 6.07) is -1.03. The van der Waals surface area contributed by atoms with Crippen LogP contribution in [0.5, 0.6) is 0 Å². The Bertz CT molecular complexity index is 433. The fourth-order valence-electron chi connectivity index (χ4n) is 1.90. The molecule has 23 heavy (non-hydrogen) atoms. The highest BCUT2D eigenvalue weighted by molar-refractivity contribution is 5.81. The topological polar surface area (TPSA) is 170 Å². The molecular weight excluding hydrogens is 308 g/mol. The van der Waals surface area contributed by atoms with E-state index in [1.807, 2.05) is 0 Å². The molecule has 2 atom stereocenters. The lowest BCUT2D eigenvalue weighted by molar-refractivity contribution is -0.163. The van der Waals surface area contributed by atoms with Crippen molar-refractivity contribution in [3.05, 3.63) is 0 Å². The first kappa shape index (κ1) is 20.8. The third-order valence-electron chi connectivity index (χ3n) is 3.35. The molecule has 1 saturated carbocycles. The summed E-state index contributed by atoms with van der Waals surface area (Å²) in [7, 11) is 0. The summed E-state index contributed by atoms with van der Waals surface area (Å²) in [5.41, 5.74) is 10.2. The Kier molecular flexibility index (Phi) is 9.56. The summed E-state index contributed by atoms with van der Waals surface area (Å²) in [6.07, 6.45) is 2.76. The number of aliphatic carboxylic acids is 2. The molecule has 0 aromatic carbocycles. The quantitative estimate of drug-likeness (QED) is 0.466. The maximum absolute atomic E-state index is 11.1. The Morgan fingerprint density at radius 1 is 1.17 bits per heavy atom. The van der Waals surface area contributed by atoms with Gasteiger partial charge in [0.1, 0.15) is 6.04 Å². The van der Waals surface area contributed by atoms with Crippen LogP contribution in [0, 0.1) is 5.92 Å². The Labute approximate surface area is 134 Å². The number of hydrogen-bond acceptors (Lipinski definition) is 6. The van der Waals surface area contributed by atoms with Crippen molar-refractivity contribution in [3.63, 3.8) is 0 Å². The van der Waals surface area contributed by atoms with Crippen molar-refractivity contribution < 1.29 is 34.1 Å². The summed E-state index contributed by atoms with van der Waals surface area (Å²) in [6.45, 7) is 1.21. The highest BCUT2D eigenvalue weighted by atomic mass is 16.6. The van der Waals surface area contributed by atoms with E-state index in [1.165, 1.54) is 6.92 Å². The third-order valence-corrected chi connectivity index (χ3v) is 3.35. The van der Waals surface area contributed by atoms with Crippen LogP contribution in [0.2, 0.25) is 0 Å². The predicted molar refractivity (Wildman–Crippen MR) is 79.2 cm³/mol. The minimum absolute atomic E-state index is 0.0185. The minimum Gasteiger partial charge on any atom is -0.481 e. The van der Waals surface area contributed by atoms with E-state index in [4.69, 9.17) is 21.7 Å². The first-order valence-electron chi connectivity index (χ1n) is 7.35. The van der Waals surface area contributed by atoms with Crippen molar-refractivity contribution >= 4 is 23.8 Å². The molecule has 9 nitrogen and oxygen atoms in total. The van der Waals surface area contributed by atoms with E-state index in [0.29, 0.717) is 0 Å². The van der Waals surface area contributed by atoms with Crippen LogP contribution in [0.3, 0.4) is 0 Å².